The highest BCUT2D eigenvalue weighted by atomic mass is 32.2. The summed E-state index contributed by atoms with van der Waals surface area (Å²) in [7, 11) is 0. The molecule has 0 fully saturated rings. The highest BCUT2D eigenvalue weighted by Crippen LogP contribution is 2.29. The highest BCUT2D eigenvalue weighted by molar-refractivity contribution is 8.00. The number of unbranched alkanes of at least 4 members (excludes halogenated alkanes) is 2. The third-order valence-electron chi connectivity index (χ3n) is 2.33. The normalized spacial score (nSPS) is 12.4. The third-order valence-corrected chi connectivity index (χ3v) is 3.04. The average Bonchev–Trinajstić information content (AvgIpc) is 2.19. The van der Waals surface area contributed by atoms with E-state index in [2.05, 4.69) is 18.7 Å². The number of rotatable bonds is 9. The molecule has 0 N–H and O–H groups in total. The van der Waals surface area contributed by atoms with Gasteiger partial charge in [-0.2, -0.15) is 13.2 Å². The van der Waals surface area contributed by atoms with Crippen LogP contribution in [0.25, 0.3) is 0 Å². The Morgan fingerprint density at radius 3 is 1.81 bits per heavy atom. The summed E-state index contributed by atoms with van der Waals surface area (Å²) < 4.78 is 35.9. The Kier molecular flexibility index (Phi) is 9.22. The second-order valence-corrected chi connectivity index (χ2v) is 5.00. The number of thioether (sulfide) groups is 1. The maximum atomic E-state index is 12.0. The minimum atomic E-state index is -4.08. The Morgan fingerprint density at radius 2 is 1.44 bits per heavy atom. The van der Waals surface area contributed by atoms with Crippen LogP contribution in [0.1, 0.15) is 39.5 Å². The lowest BCUT2D eigenvalue weighted by Crippen LogP contribution is -2.29. The van der Waals surface area contributed by atoms with E-state index < -0.39 is 5.51 Å². The van der Waals surface area contributed by atoms with Gasteiger partial charge in [0.25, 0.3) is 0 Å². The molecule has 0 saturated heterocycles. The molecule has 16 heavy (non-hydrogen) atoms. The van der Waals surface area contributed by atoms with Crippen molar-refractivity contribution in [1.82, 2.24) is 4.90 Å². The van der Waals surface area contributed by atoms with E-state index in [0.717, 1.165) is 38.8 Å². The fraction of sp³-hybridized carbons (Fsp3) is 1.00. The number of alkyl halides is 3. The van der Waals surface area contributed by atoms with Crippen molar-refractivity contribution in [3.63, 3.8) is 0 Å². The minimum Gasteiger partial charge on any atom is -0.303 e. The van der Waals surface area contributed by atoms with Crippen LogP contribution in [-0.4, -0.2) is 35.8 Å². The Labute approximate surface area is 101 Å². The molecule has 0 atom stereocenters. The van der Waals surface area contributed by atoms with Crippen LogP contribution in [0.5, 0.6) is 0 Å². The molecule has 0 spiro atoms. The van der Waals surface area contributed by atoms with Gasteiger partial charge in [0.1, 0.15) is 0 Å². The zero-order chi connectivity index (χ0) is 12.4. The highest BCUT2D eigenvalue weighted by Gasteiger charge is 2.27. The van der Waals surface area contributed by atoms with Crippen molar-refractivity contribution in [3.05, 3.63) is 0 Å². The van der Waals surface area contributed by atoms with Gasteiger partial charge >= 0.3 is 5.51 Å². The fourth-order valence-corrected chi connectivity index (χ4v) is 1.97. The van der Waals surface area contributed by atoms with Gasteiger partial charge in [-0.15, -0.1) is 0 Å². The van der Waals surface area contributed by atoms with Crippen LogP contribution < -0.4 is 0 Å². The average molecular weight is 257 g/mol. The summed E-state index contributed by atoms with van der Waals surface area (Å²) in [5.41, 5.74) is -4.08. The van der Waals surface area contributed by atoms with E-state index >= 15 is 0 Å². The van der Waals surface area contributed by atoms with Gasteiger partial charge in [-0.05, 0) is 37.7 Å². The van der Waals surface area contributed by atoms with Gasteiger partial charge in [-0.3, -0.25) is 0 Å². The van der Waals surface area contributed by atoms with E-state index in [1.165, 1.54) is 0 Å². The zero-order valence-corrected chi connectivity index (χ0v) is 11.0. The Balaban J connectivity index is 3.72. The molecular formula is C11H22F3NS. The summed E-state index contributed by atoms with van der Waals surface area (Å²) in [6.07, 6.45) is 4.32. The molecule has 0 saturated carbocycles. The molecular weight excluding hydrogens is 235 g/mol. The molecule has 0 aromatic rings. The van der Waals surface area contributed by atoms with Gasteiger partial charge < -0.3 is 4.90 Å². The lowest BCUT2D eigenvalue weighted by molar-refractivity contribution is -0.0328. The molecule has 5 heteroatoms. The lowest BCUT2D eigenvalue weighted by atomic mass is 10.2. The van der Waals surface area contributed by atoms with Crippen molar-refractivity contribution in [2.24, 2.45) is 0 Å². The smallest absolute Gasteiger partial charge is 0.303 e. The molecule has 0 radical (unpaired) electrons. The van der Waals surface area contributed by atoms with Gasteiger partial charge in [-0.25, -0.2) is 0 Å². The summed E-state index contributed by atoms with van der Waals surface area (Å²) in [6.45, 7) is 6.60. The first-order valence-electron chi connectivity index (χ1n) is 5.92. The molecule has 0 aromatic heterocycles. The molecule has 0 aliphatic carbocycles. The third kappa shape index (κ3) is 10.6. The van der Waals surface area contributed by atoms with Crippen molar-refractivity contribution in [1.29, 1.82) is 0 Å². The minimum absolute atomic E-state index is 0.0871. The topological polar surface area (TPSA) is 3.24 Å². The molecule has 0 aliphatic heterocycles. The van der Waals surface area contributed by atoms with Gasteiger partial charge in [-0.1, -0.05) is 26.7 Å². The van der Waals surface area contributed by atoms with E-state index in [0.29, 0.717) is 6.54 Å². The molecule has 0 aliphatic rings. The van der Waals surface area contributed by atoms with Crippen molar-refractivity contribution < 1.29 is 13.2 Å². The molecule has 0 aromatic carbocycles. The molecule has 98 valence electrons. The van der Waals surface area contributed by atoms with Crippen molar-refractivity contribution in [2.75, 3.05) is 25.4 Å². The maximum absolute atomic E-state index is 12.0. The summed E-state index contributed by atoms with van der Waals surface area (Å²) in [4.78, 5) is 2.14. The Morgan fingerprint density at radius 1 is 0.938 bits per heavy atom. The molecule has 0 rings (SSSR count). The van der Waals surface area contributed by atoms with Crippen LogP contribution in [0.2, 0.25) is 0 Å². The van der Waals surface area contributed by atoms with Crippen LogP contribution in [0, 0.1) is 0 Å². The second-order valence-electron chi connectivity index (χ2n) is 3.84. The lowest BCUT2D eigenvalue weighted by Gasteiger charge is -2.21. The summed E-state index contributed by atoms with van der Waals surface area (Å²) in [5, 5.41) is 0. The van der Waals surface area contributed by atoms with Crippen LogP contribution in [0.15, 0.2) is 0 Å². The van der Waals surface area contributed by atoms with E-state index in [4.69, 9.17) is 0 Å². The predicted molar refractivity (Wildman–Crippen MR) is 64.8 cm³/mol. The maximum Gasteiger partial charge on any atom is 0.441 e. The fourth-order valence-electron chi connectivity index (χ4n) is 1.39. The first kappa shape index (κ1) is 16.1. The molecule has 0 bridgehead atoms. The summed E-state index contributed by atoms with van der Waals surface area (Å²) in [6, 6.07) is 0. The Hall–Kier alpha value is 0.100. The Bertz CT molecular complexity index is 154. The number of hydrogen-bond acceptors (Lipinski definition) is 2. The standard InChI is InChI=1S/C11H22F3NS/c1-3-5-7-15(8-6-4-2)9-10-16-11(12,13)14/h3-10H2,1-2H3. The van der Waals surface area contributed by atoms with E-state index in [9.17, 15) is 13.2 Å². The van der Waals surface area contributed by atoms with Gasteiger partial charge in [0.15, 0.2) is 0 Å². The van der Waals surface area contributed by atoms with E-state index in [1.807, 2.05) is 0 Å². The van der Waals surface area contributed by atoms with Crippen molar-refractivity contribution in [3.8, 4) is 0 Å². The zero-order valence-electron chi connectivity index (χ0n) is 10.1. The van der Waals surface area contributed by atoms with Crippen LogP contribution in [-0.2, 0) is 0 Å². The summed E-state index contributed by atoms with van der Waals surface area (Å²) in [5.74, 6) is 0.150. The largest absolute Gasteiger partial charge is 0.441 e. The van der Waals surface area contributed by atoms with Crippen molar-refractivity contribution >= 4 is 11.8 Å². The molecule has 0 unspecified atom stereocenters. The van der Waals surface area contributed by atoms with Gasteiger partial charge in [0, 0.05) is 12.3 Å². The van der Waals surface area contributed by atoms with E-state index in [1.54, 1.807) is 0 Å². The molecule has 1 nitrogen and oxygen atoms in total. The SMILES string of the molecule is CCCCN(CCCC)CCSC(F)(F)F. The van der Waals surface area contributed by atoms with E-state index in [-0.39, 0.29) is 17.5 Å². The van der Waals surface area contributed by atoms with Crippen LogP contribution in [0.3, 0.4) is 0 Å². The van der Waals surface area contributed by atoms with Crippen LogP contribution >= 0.6 is 11.8 Å². The summed E-state index contributed by atoms with van der Waals surface area (Å²) >= 11 is 0.0871. The molecule has 0 heterocycles. The quantitative estimate of drug-likeness (QED) is 0.610. The van der Waals surface area contributed by atoms with Crippen LogP contribution in [0.4, 0.5) is 13.2 Å². The first-order valence-corrected chi connectivity index (χ1v) is 6.91. The second kappa shape index (κ2) is 9.16. The van der Waals surface area contributed by atoms with Gasteiger partial charge in [0.05, 0.1) is 0 Å². The van der Waals surface area contributed by atoms with Crippen molar-refractivity contribution in [2.45, 2.75) is 45.0 Å². The predicted octanol–water partition coefficient (Wildman–Crippen LogP) is 4.14. The number of hydrogen-bond donors (Lipinski definition) is 0. The monoisotopic (exact) mass is 257 g/mol. The number of nitrogens with zero attached hydrogens (tertiary/aromatic N) is 1. The molecule has 0 amide bonds. The first-order chi connectivity index (χ1) is 7.49. The van der Waals surface area contributed by atoms with Gasteiger partial charge in [0.2, 0.25) is 0 Å². The number of halogens is 3.